The molecule has 112 valence electrons. The van der Waals surface area contributed by atoms with Crippen LogP contribution < -0.4 is 0 Å². The van der Waals surface area contributed by atoms with Crippen molar-refractivity contribution in [1.29, 1.82) is 0 Å². The number of benzene rings is 2. The molecule has 3 rings (SSSR count). The highest BCUT2D eigenvalue weighted by atomic mass is 32.2. The standard InChI is InChI=1S/C17H14FNO2S/c18-14-8-6-13(7-9-14)11-19-16(20)15(22-17(19)21)10-12-4-2-1-3-5-12/h1-9,15H,10-11H2/t15-/m1/s1. The Balaban J connectivity index is 1.70. The molecule has 0 saturated carbocycles. The fourth-order valence-electron chi connectivity index (χ4n) is 2.37. The molecule has 1 heterocycles. The molecular formula is C17H14FNO2S. The minimum absolute atomic E-state index is 0.178. The molecular weight excluding hydrogens is 301 g/mol. The third-order valence-corrected chi connectivity index (χ3v) is 4.60. The van der Waals surface area contributed by atoms with E-state index in [2.05, 4.69) is 0 Å². The normalized spacial score (nSPS) is 18.0. The van der Waals surface area contributed by atoms with Gasteiger partial charge in [0.25, 0.3) is 5.24 Å². The molecule has 0 N–H and O–H groups in total. The van der Waals surface area contributed by atoms with Crippen molar-refractivity contribution in [1.82, 2.24) is 4.90 Å². The molecule has 1 saturated heterocycles. The lowest BCUT2D eigenvalue weighted by molar-refractivity contribution is -0.127. The first kappa shape index (κ1) is 14.8. The first-order valence-corrected chi connectivity index (χ1v) is 7.82. The summed E-state index contributed by atoms with van der Waals surface area (Å²) < 4.78 is 12.9. The van der Waals surface area contributed by atoms with Crippen LogP contribution in [0.1, 0.15) is 11.1 Å². The van der Waals surface area contributed by atoms with Crippen LogP contribution in [0.3, 0.4) is 0 Å². The fourth-order valence-corrected chi connectivity index (χ4v) is 3.40. The van der Waals surface area contributed by atoms with Gasteiger partial charge >= 0.3 is 0 Å². The molecule has 3 nitrogen and oxygen atoms in total. The predicted molar refractivity (Wildman–Crippen MR) is 83.9 cm³/mol. The van der Waals surface area contributed by atoms with E-state index in [1.807, 2.05) is 30.3 Å². The number of rotatable bonds is 4. The maximum atomic E-state index is 12.9. The summed E-state index contributed by atoms with van der Waals surface area (Å²) in [6.07, 6.45) is 0.538. The number of thioether (sulfide) groups is 1. The number of hydrogen-bond donors (Lipinski definition) is 0. The predicted octanol–water partition coefficient (Wildman–Crippen LogP) is 3.63. The second-order valence-corrected chi connectivity index (χ2v) is 6.27. The molecule has 2 aromatic carbocycles. The van der Waals surface area contributed by atoms with Crippen LogP contribution in [-0.2, 0) is 17.8 Å². The van der Waals surface area contributed by atoms with Crippen molar-refractivity contribution in [2.24, 2.45) is 0 Å². The van der Waals surface area contributed by atoms with E-state index in [0.29, 0.717) is 6.42 Å². The first-order chi connectivity index (χ1) is 10.6. The van der Waals surface area contributed by atoms with E-state index in [-0.39, 0.29) is 28.8 Å². The monoisotopic (exact) mass is 315 g/mol. The Hall–Kier alpha value is -2.14. The lowest BCUT2D eigenvalue weighted by Gasteiger charge is -2.14. The van der Waals surface area contributed by atoms with Crippen molar-refractivity contribution < 1.29 is 14.0 Å². The summed E-state index contributed by atoms with van der Waals surface area (Å²) in [5, 5.41) is -0.620. The number of nitrogens with zero attached hydrogens (tertiary/aromatic N) is 1. The number of halogens is 1. The number of hydrogen-bond acceptors (Lipinski definition) is 3. The smallest absolute Gasteiger partial charge is 0.273 e. The molecule has 5 heteroatoms. The minimum Gasteiger partial charge on any atom is -0.273 e. The summed E-state index contributed by atoms with van der Waals surface area (Å²) in [5.41, 5.74) is 1.77. The van der Waals surface area contributed by atoms with Crippen molar-refractivity contribution >= 4 is 22.9 Å². The van der Waals surface area contributed by atoms with E-state index < -0.39 is 0 Å². The van der Waals surface area contributed by atoms with Gasteiger partial charge in [-0.25, -0.2) is 4.39 Å². The topological polar surface area (TPSA) is 37.4 Å². The van der Waals surface area contributed by atoms with Crippen LogP contribution in [0.2, 0.25) is 0 Å². The second kappa shape index (κ2) is 6.32. The summed E-state index contributed by atoms with van der Waals surface area (Å²) in [6, 6.07) is 15.5. The summed E-state index contributed by atoms with van der Waals surface area (Å²) >= 11 is 1.06. The molecule has 2 amide bonds. The zero-order valence-electron chi connectivity index (χ0n) is 11.7. The van der Waals surface area contributed by atoms with Crippen LogP contribution in [0.25, 0.3) is 0 Å². The average molecular weight is 315 g/mol. The van der Waals surface area contributed by atoms with Crippen molar-refractivity contribution in [2.75, 3.05) is 0 Å². The van der Waals surface area contributed by atoms with Gasteiger partial charge in [-0.1, -0.05) is 54.2 Å². The van der Waals surface area contributed by atoms with Gasteiger partial charge in [-0.2, -0.15) is 0 Å². The van der Waals surface area contributed by atoms with Gasteiger partial charge in [-0.15, -0.1) is 0 Å². The maximum Gasteiger partial charge on any atom is 0.289 e. The average Bonchev–Trinajstić information content (AvgIpc) is 2.78. The van der Waals surface area contributed by atoms with Crippen molar-refractivity contribution in [3.63, 3.8) is 0 Å². The summed E-state index contributed by atoms with van der Waals surface area (Å²) in [4.78, 5) is 25.7. The highest BCUT2D eigenvalue weighted by Gasteiger charge is 2.39. The van der Waals surface area contributed by atoms with E-state index in [0.717, 1.165) is 22.9 Å². The highest BCUT2D eigenvalue weighted by molar-refractivity contribution is 8.15. The quantitative estimate of drug-likeness (QED) is 0.864. The van der Waals surface area contributed by atoms with E-state index in [4.69, 9.17) is 0 Å². The number of imide groups is 1. The lowest BCUT2D eigenvalue weighted by Crippen LogP contribution is -2.31. The molecule has 0 aromatic heterocycles. The minimum atomic E-state index is -0.379. The molecule has 0 unspecified atom stereocenters. The van der Waals surface area contributed by atoms with E-state index in [9.17, 15) is 14.0 Å². The van der Waals surface area contributed by atoms with Crippen LogP contribution in [0.4, 0.5) is 9.18 Å². The Labute approximate surface area is 132 Å². The Bertz CT molecular complexity index is 688. The lowest BCUT2D eigenvalue weighted by atomic mass is 10.1. The van der Waals surface area contributed by atoms with Gasteiger partial charge in [-0.3, -0.25) is 14.5 Å². The van der Waals surface area contributed by atoms with Gasteiger partial charge in [0.1, 0.15) is 5.82 Å². The third kappa shape index (κ3) is 3.20. The highest BCUT2D eigenvalue weighted by Crippen LogP contribution is 2.30. The Morgan fingerprint density at radius 2 is 1.64 bits per heavy atom. The van der Waals surface area contributed by atoms with Crippen LogP contribution in [0, 0.1) is 5.82 Å². The zero-order valence-corrected chi connectivity index (χ0v) is 12.6. The SMILES string of the molecule is O=C1S[C@H](Cc2ccccc2)C(=O)N1Cc1ccc(F)cc1. The van der Waals surface area contributed by atoms with Crippen LogP contribution in [0.5, 0.6) is 0 Å². The molecule has 0 spiro atoms. The van der Waals surface area contributed by atoms with Crippen molar-refractivity contribution in [3.05, 3.63) is 71.5 Å². The molecule has 1 aliphatic heterocycles. The fraction of sp³-hybridized carbons (Fsp3) is 0.176. The number of carbonyl (C=O) groups is 2. The van der Waals surface area contributed by atoms with E-state index in [1.54, 1.807) is 12.1 Å². The molecule has 1 atom stereocenters. The molecule has 0 radical (unpaired) electrons. The van der Waals surface area contributed by atoms with Gasteiger partial charge in [0.2, 0.25) is 5.91 Å². The van der Waals surface area contributed by atoms with Gasteiger partial charge < -0.3 is 0 Å². The second-order valence-electron chi connectivity index (χ2n) is 5.11. The Kier molecular flexibility index (Phi) is 4.24. The van der Waals surface area contributed by atoms with Gasteiger partial charge in [0.05, 0.1) is 11.8 Å². The van der Waals surface area contributed by atoms with Gasteiger partial charge in [0.15, 0.2) is 0 Å². The van der Waals surface area contributed by atoms with Crippen LogP contribution in [-0.4, -0.2) is 21.3 Å². The molecule has 22 heavy (non-hydrogen) atoms. The van der Waals surface area contributed by atoms with E-state index >= 15 is 0 Å². The molecule has 0 aliphatic carbocycles. The molecule has 0 bridgehead atoms. The van der Waals surface area contributed by atoms with Crippen molar-refractivity contribution in [2.45, 2.75) is 18.2 Å². The Morgan fingerprint density at radius 3 is 2.32 bits per heavy atom. The maximum absolute atomic E-state index is 12.9. The van der Waals surface area contributed by atoms with Gasteiger partial charge in [0, 0.05) is 0 Å². The largest absolute Gasteiger partial charge is 0.289 e. The third-order valence-electron chi connectivity index (χ3n) is 3.52. The molecule has 1 fully saturated rings. The summed E-state index contributed by atoms with van der Waals surface area (Å²) in [7, 11) is 0. The number of carbonyl (C=O) groups excluding carboxylic acids is 2. The van der Waals surface area contributed by atoms with Crippen LogP contribution >= 0.6 is 11.8 Å². The van der Waals surface area contributed by atoms with Crippen molar-refractivity contribution in [3.8, 4) is 0 Å². The molecule has 1 aliphatic rings. The van der Waals surface area contributed by atoms with Gasteiger partial charge in [-0.05, 0) is 29.7 Å². The number of amides is 2. The molecule has 2 aromatic rings. The van der Waals surface area contributed by atoms with E-state index in [1.165, 1.54) is 17.0 Å². The Morgan fingerprint density at radius 1 is 0.955 bits per heavy atom. The summed E-state index contributed by atoms with van der Waals surface area (Å²) in [5.74, 6) is -0.512. The first-order valence-electron chi connectivity index (χ1n) is 6.94. The van der Waals surface area contributed by atoms with Crippen LogP contribution in [0.15, 0.2) is 54.6 Å². The summed E-state index contributed by atoms with van der Waals surface area (Å²) in [6.45, 7) is 0.191. The zero-order chi connectivity index (χ0) is 15.5.